The van der Waals surface area contributed by atoms with Crippen molar-refractivity contribution in [1.29, 1.82) is 0 Å². The second-order valence-electron chi connectivity index (χ2n) is 5.99. The second kappa shape index (κ2) is 8.29. The van der Waals surface area contributed by atoms with Gasteiger partial charge in [0.15, 0.2) is 0 Å². The van der Waals surface area contributed by atoms with Crippen molar-refractivity contribution in [2.45, 2.75) is 6.04 Å². The van der Waals surface area contributed by atoms with Gasteiger partial charge in [0.05, 0.1) is 12.6 Å². The molecule has 1 aliphatic heterocycles. The number of carbonyl (C=O) groups is 1. The van der Waals surface area contributed by atoms with Crippen LogP contribution in [0.1, 0.15) is 17.2 Å². The Kier molecular flexibility index (Phi) is 5.86. The first-order valence-corrected chi connectivity index (χ1v) is 8.63. The topological polar surface area (TPSA) is 44.4 Å². The minimum absolute atomic E-state index is 0.0331. The highest BCUT2D eigenvalue weighted by molar-refractivity contribution is 6.30. The third kappa shape index (κ3) is 4.57. The van der Waals surface area contributed by atoms with Crippen molar-refractivity contribution in [2.24, 2.45) is 0 Å². The Morgan fingerprint density at radius 1 is 1.08 bits per heavy atom. The molecule has 4 nitrogen and oxygen atoms in total. The molecule has 24 heavy (non-hydrogen) atoms. The summed E-state index contributed by atoms with van der Waals surface area (Å²) in [6.07, 6.45) is 0. The maximum Gasteiger partial charge on any atom is 0.234 e. The zero-order chi connectivity index (χ0) is 16.8. The van der Waals surface area contributed by atoms with Crippen molar-refractivity contribution in [1.82, 2.24) is 15.5 Å². The maximum absolute atomic E-state index is 12.5. The lowest BCUT2D eigenvalue weighted by molar-refractivity contribution is -0.122. The van der Waals surface area contributed by atoms with Crippen LogP contribution in [-0.2, 0) is 4.79 Å². The molecule has 1 saturated heterocycles. The van der Waals surface area contributed by atoms with Crippen LogP contribution in [0.4, 0.5) is 0 Å². The van der Waals surface area contributed by atoms with Gasteiger partial charge < -0.3 is 10.6 Å². The molecule has 1 unspecified atom stereocenters. The molecular formula is C19H22ClN3O. The van der Waals surface area contributed by atoms with Gasteiger partial charge in [-0.15, -0.1) is 0 Å². The number of rotatable bonds is 5. The highest BCUT2D eigenvalue weighted by Gasteiger charge is 2.19. The third-order valence-corrected chi connectivity index (χ3v) is 4.43. The van der Waals surface area contributed by atoms with E-state index in [0.717, 1.165) is 37.3 Å². The summed E-state index contributed by atoms with van der Waals surface area (Å²) < 4.78 is 0. The standard InChI is InChI=1S/C19H22ClN3O/c20-17-8-4-7-16(13-17)19(15-5-2-1-3-6-15)22-18(24)14-23-11-9-21-10-12-23/h1-8,13,19,21H,9-12,14H2,(H,22,24). The normalized spacial score (nSPS) is 16.5. The molecule has 1 amide bonds. The van der Waals surface area contributed by atoms with Gasteiger partial charge in [0.1, 0.15) is 0 Å². The number of hydrogen-bond donors (Lipinski definition) is 2. The van der Waals surface area contributed by atoms with Crippen molar-refractivity contribution in [2.75, 3.05) is 32.7 Å². The zero-order valence-electron chi connectivity index (χ0n) is 13.5. The monoisotopic (exact) mass is 343 g/mol. The highest BCUT2D eigenvalue weighted by Crippen LogP contribution is 2.24. The van der Waals surface area contributed by atoms with Crippen LogP contribution in [0.15, 0.2) is 54.6 Å². The van der Waals surface area contributed by atoms with Crippen LogP contribution in [-0.4, -0.2) is 43.5 Å². The van der Waals surface area contributed by atoms with E-state index in [2.05, 4.69) is 15.5 Å². The summed E-state index contributed by atoms with van der Waals surface area (Å²) in [5, 5.41) is 7.13. The van der Waals surface area contributed by atoms with E-state index in [-0.39, 0.29) is 11.9 Å². The first kappa shape index (κ1) is 17.0. The van der Waals surface area contributed by atoms with E-state index in [1.807, 2.05) is 54.6 Å². The molecule has 1 atom stereocenters. The number of piperazine rings is 1. The maximum atomic E-state index is 12.5. The van der Waals surface area contributed by atoms with Crippen LogP contribution in [0.2, 0.25) is 5.02 Å². The van der Waals surface area contributed by atoms with E-state index >= 15 is 0 Å². The van der Waals surface area contributed by atoms with Crippen molar-refractivity contribution >= 4 is 17.5 Å². The van der Waals surface area contributed by atoms with E-state index < -0.39 is 0 Å². The first-order valence-electron chi connectivity index (χ1n) is 8.25. The Bertz CT molecular complexity index is 671. The van der Waals surface area contributed by atoms with Gasteiger partial charge in [0.25, 0.3) is 0 Å². The Morgan fingerprint density at radius 3 is 2.50 bits per heavy atom. The predicted molar refractivity (Wildman–Crippen MR) is 97.2 cm³/mol. The summed E-state index contributed by atoms with van der Waals surface area (Å²) >= 11 is 6.14. The van der Waals surface area contributed by atoms with Crippen LogP contribution in [0.25, 0.3) is 0 Å². The molecule has 0 bridgehead atoms. The van der Waals surface area contributed by atoms with Gasteiger partial charge in [-0.3, -0.25) is 9.69 Å². The molecule has 2 N–H and O–H groups in total. The van der Waals surface area contributed by atoms with E-state index in [0.29, 0.717) is 11.6 Å². The minimum atomic E-state index is -0.194. The quantitative estimate of drug-likeness (QED) is 0.876. The van der Waals surface area contributed by atoms with E-state index in [1.165, 1.54) is 0 Å². The Labute approximate surface area is 147 Å². The van der Waals surface area contributed by atoms with E-state index in [1.54, 1.807) is 0 Å². The van der Waals surface area contributed by atoms with Gasteiger partial charge >= 0.3 is 0 Å². The van der Waals surface area contributed by atoms with Crippen molar-refractivity contribution in [3.63, 3.8) is 0 Å². The molecular weight excluding hydrogens is 322 g/mol. The molecule has 2 aromatic carbocycles. The molecule has 1 aliphatic rings. The number of nitrogens with one attached hydrogen (secondary N) is 2. The van der Waals surface area contributed by atoms with Crippen LogP contribution >= 0.6 is 11.6 Å². The van der Waals surface area contributed by atoms with Crippen molar-refractivity contribution < 1.29 is 4.79 Å². The van der Waals surface area contributed by atoms with Crippen LogP contribution in [0, 0.1) is 0 Å². The third-order valence-electron chi connectivity index (χ3n) is 4.20. The second-order valence-corrected chi connectivity index (χ2v) is 6.43. The summed E-state index contributed by atoms with van der Waals surface area (Å²) in [7, 11) is 0. The highest BCUT2D eigenvalue weighted by atomic mass is 35.5. The number of carbonyl (C=O) groups excluding carboxylic acids is 1. The molecule has 126 valence electrons. The lowest BCUT2D eigenvalue weighted by atomic mass is 9.98. The molecule has 3 rings (SSSR count). The number of benzene rings is 2. The summed E-state index contributed by atoms with van der Waals surface area (Å²) in [6, 6.07) is 17.4. The molecule has 0 spiro atoms. The van der Waals surface area contributed by atoms with E-state index in [9.17, 15) is 4.79 Å². The zero-order valence-corrected chi connectivity index (χ0v) is 14.3. The lowest BCUT2D eigenvalue weighted by Crippen LogP contribution is -2.48. The minimum Gasteiger partial charge on any atom is -0.344 e. The molecule has 1 fully saturated rings. The van der Waals surface area contributed by atoms with Gasteiger partial charge in [-0.1, -0.05) is 54.1 Å². The first-order chi connectivity index (χ1) is 11.7. The Hall–Kier alpha value is -1.88. The van der Waals surface area contributed by atoms with Gasteiger partial charge in [0.2, 0.25) is 5.91 Å². The molecule has 2 aromatic rings. The van der Waals surface area contributed by atoms with Crippen LogP contribution in [0.5, 0.6) is 0 Å². The Balaban J connectivity index is 1.76. The van der Waals surface area contributed by atoms with Crippen molar-refractivity contribution in [3.8, 4) is 0 Å². The fourth-order valence-electron chi connectivity index (χ4n) is 2.97. The molecule has 1 heterocycles. The summed E-state index contributed by atoms with van der Waals surface area (Å²) in [5.41, 5.74) is 2.04. The molecule has 0 aliphatic carbocycles. The van der Waals surface area contributed by atoms with Crippen LogP contribution < -0.4 is 10.6 Å². The number of amides is 1. The van der Waals surface area contributed by atoms with Crippen molar-refractivity contribution in [3.05, 3.63) is 70.7 Å². The van der Waals surface area contributed by atoms with Gasteiger partial charge in [-0.25, -0.2) is 0 Å². The molecule has 0 saturated carbocycles. The smallest absolute Gasteiger partial charge is 0.234 e. The summed E-state index contributed by atoms with van der Waals surface area (Å²) in [4.78, 5) is 14.7. The van der Waals surface area contributed by atoms with Gasteiger partial charge in [-0.2, -0.15) is 0 Å². The summed E-state index contributed by atoms with van der Waals surface area (Å²) in [5.74, 6) is 0.0331. The number of nitrogens with zero attached hydrogens (tertiary/aromatic N) is 1. The Morgan fingerprint density at radius 2 is 1.79 bits per heavy atom. The largest absolute Gasteiger partial charge is 0.344 e. The predicted octanol–water partition coefficient (Wildman–Crippen LogP) is 2.45. The fourth-order valence-corrected chi connectivity index (χ4v) is 3.17. The van der Waals surface area contributed by atoms with Gasteiger partial charge in [-0.05, 0) is 23.3 Å². The van der Waals surface area contributed by atoms with Crippen LogP contribution in [0.3, 0.4) is 0 Å². The molecule has 5 heteroatoms. The SMILES string of the molecule is O=C(CN1CCNCC1)NC(c1ccccc1)c1cccc(Cl)c1. The lowest BCUT2D eigenvalue weighted by Gasteiger charge is -2.28. The molecule has 0 radical (unpaired) electrons. The summed E-state index contributed by atoms with van der Waals surface area (Å²) in [6.45, 7) is 4.10. The molecule has 0 aromatic heterocycles. The number of halogens is 1. The van der Waals surface area contributed by atoms with E-state index in [4.69, 9.17) is 11.6 Å². The fraction of sp³-hybridized carbons (Fsp3) is 0.316. The average Bonchev–Trinajstić information content (AvgIpc) is 2.61. The van der Waals surface area contributed by atoms with Gasteiger partial charge in [0, 0.05) is 31.2 Å². The number of hydrogen-bond acceptors (Lipinski definition) is 3. The average molecular weight is 344 g/mol.